The fourth-order valence-corrected chi connectivity index (χ4v) is 4.81. The third kappa shape index (κ3) is 2.56. The van der Waals surface area contributed by atoms with Crippen LogP contribution in [-0.2, 0) is 9.59 Å². The number of anilines is 1. The standard InChI is InChI=1S/C18H22ClNO2/c1-12-8-17(2,3)11-18(9-12)10-15(21)20(16(18)22)14-6-4-13(19)5-7-14/h4-7,12H,8-11H2,1-3H3/t12-,18-/m0/s1. The summed E-state index contributed by atoms with van der Waals surface area (Å²) in [5, 5.41) is 0.602. The lowest BCUT2D eigenvalue weighted by atomic mass is 9.59. The number of rotatable bonds is 1. The number of nitrogens with zero attached hydrogens (tertiary/aromatic N) is 1. The zero-order valence-electron chi connectivity index (χ0n) is 13.4. The van der Waals surface area contributed by atoms with Crippen LogP contribution in [0.15, 0.2) is 24.3 Å². The van der Waals surface area contributed by atoms with Gasteiger partial charge in [-0.25, -0.2) is 0 Å². The second kappa shape index (κ2) is 5.09. The van der Waals surface area contributed by atoms with E-state index < -0.39 is 5.41 Å². The molecule has 2 atom stereocenters. The molecule has 1 saturated heterocycles. The van der Waals surface area contributed by atoms with Crippen molar-refractivity contribution >= 4 is 29.1 Å². The molecule has 1 aromatic carbocycles. The van der Waals surface area contributed by atoms with Crippen LogP contribution >= 0.6 is 11.6 Å². The van der Waals surface area contributed by atoms with E-state index in [4.69, 9.17) is 11.6 Å². The highest BCUT2D eigenvalue weighted by Crippen LogP contribution is 2.54. The largest absolute Gasteiger partial charge is 0.274 e. The molecule has 22 heavy (non-hydrogen) atoms. The van der Waals surface area contributed by atoms with E-state index in [1.54, 1.807) is 24.3 Å². The van der Waals surface area contributed by atoms with Crippen LogP contribution in [-0.4, -0.2) is 11.8 Å². The summed E-state index contributed by atoms with van der Waals surface area (Å²) in [6.07, 6.45) is 3.05. The summed E-state index contributed by atoms with van der Waals surface area (Å²) in [4.78, 5) is 27.0. The van der Waals surface area contributed by atoms with Gasteiger partial charge >= 0.3 is 0 Å². The third-order valence-corrected chi connectivity index (χ3v) is 5.19. The van der Waals surface area contributed by atoms with E-state index in [-0.39, 0.29) is 17.2 Å². The summed E-state index contributed by atoms with van der Waals surface area (Å²) < 4.78 is 0. The van der Waals surface area contributed by atoms with Gasteiger partial charge in [0.05, 0.1) is 11.1 Å². The molecule has 0 bridgehead atoms. The van der Waals surface area contributed by atoms with Crippen LogP contribution < -0.4 is 4.90 Å². The SMILES string of the molecule is C[C@H]1CC(C)(C)C[C@@]2(CC(=O)N(c3ccc(Cl)cc3)C2=O)C1. The molecular formula is C18H22ClNO2. The molecular weight excluding hydrogens is 298 g/mol. The number of hydrogen-bond acceptors (Lipinski definition) is 2. The van der Waals surface area contributed by atoms with Gasteiger partial charge in [-0.2, -0.15) is 0 Å². The highest BCUT2D eigenvalue weighted by Gasteiger charge is 2.56. The quantitative estimate of drug-likeness (QED) is 0.718. The minimum absolute atomic E-state index is 0.0283. The molecule has 1 saturated carbocycles. The molecule has 2 aliphatic rings. The van der Waals surface area contributed by atoms with Crippen molar-refractivity contribution in [3.05, 3.63) is 29.3 Å². The number of carbonyl (C=O) groups excluding carboxylic acids is 2. The van der Waals surface area contributed by atoms with Gasteiger partial charge in [0.2, 0.25) is 11.8 Å². The van der Waals surface area contributed by atoms with Crippen molar-refractivity contribution in [3.63, 3.8) is 0 Å². The number of imide groups is 1. The normalized spacial score (nSPS) is 31.1. The Bertz CT molecular complexity index is 622. The average molecular weight is 320 g/mol. The Morgan fingerprint density at radius 3 is 2.36 bits per heavy atom. The summed E-state index contributed by atoms with van der Waals surface area (Å²) in [7, 11) is 0. The Morgan fingerprint density at radius 1 is 1.14 bits per heavy atom. The summed E-state index contributed by atoms with van der Waals surface area (Å²) in [6.45, 7) is 6.59. The Hall–Kier alpha value is -1.35. The first-order chi connectivity index (χ1) is 10.2. The highest BCUT2D eigenvalue weighted by atomic mass is 35.5. The van der Waals surface area contributed by atoms with Crippen LogP contribution in [0.2, 0.25) is 5.02 Å². The van der Waals surface area contributed by atoms with E-state index in [1.807, 2.05) is 0 Å². The third-order valence-electron chi connectivity index (χ3n) is 4.94. The fourth-order valence-electron chi connectivity index (χ4n) is 4.69. The minimum atomic E-state index is -0.516. The smallest absolute Gasteiger partial charge is 0.240 e. The van der Waals surface area contributed by atoms with Crippen molar-refractivity contribution in [3.8, 4) is 0 Å². The Kier molecular flexibility index (Phi) is 3.59. The van der Waals surface area contributed by atoms with E-state index in [9.17, 15) is 9.59 Å². The molecule has 3 nitrogen and oxygen atoms in total. The van der Waals surface area contributed by atoms with Crippen molar-refractivity contribution in [2.45, 2.75) is 46.5 Å². The van der Waals surface area contributed by atoms with Crippen LogP contribution in [0.25, 0.3) is 0 Å². The molecule has 2 amide bonds. The van der Waals surface area contributed by atoms with Gasteiger partial charge in [0, 0.05) is 11.4 Å². The van der Waals surface area contributed by atoms with Crippen LogP contribution in [0.5, 0.6) is 0 Å². The molecule has 0 N–H and O–H groups in total. The summed E-state index contributed by atoms with van der Waals surface area (Å²) in [6, 6.07) is 6.93. The number of carbonyl (C=O) groups is 2. The molecule has 0 unspecified atom stereocenters. The predicted octanol–water partition coefficient (Wildman–Crippen LogP) is 4.44. The van der Waals surface area contributed by atoms with E-state index in [1.165, 1.54) is 4.90 Å². The number of halogens is 1. The summed E-state index contributed by atoms with van der Waals surface area (Å²) in [5.74, 6) is 0.349. The zero-order chi connectivity index (χ0) is 16.1. The maximum Gasteiger partial charge on any atom is 0.240 e. The number of benzene rings is 1. The van der Waals surface area contributed by atoms with E-state index in [0.29, 0.717) is 23.0 Å². The minimum Gasteiger partial charge on any atom is -0.274 e. The monoisotopic (exact) mass is 319 g/mol. The van der Waals surface area contributed by atoms with Gasteiger partial charge in [0.25, 0.3) is 0 Å². The lowest BCUT2D eigenvalue weighted by Crippen LogP contribution is -2.43. The van der Waals surface area contributed by atoms with Gasteiger partial charge in [0.15, 0.2) is 0 Å². The van der Waals surface area contributed by atoms with Crippen LogP contribution in [0, 0.1) is 16.7 Å². The zero-order valence-corrected chi connectivity index (χ0v) is 14.1. The Balaban J connectivity index is 1.95. The lowest BCUT2D eigenvalue weighted by Gasteiger charge is -2.44. The van der Waals surface area contributed by atoms with Crippen LogP contribution in [0.1, 0.15) is 46.5 Å². The molecule has 1 aliphatic carbocycles. The van der Waals surface area contributed by atoms with Gasteiger partial charge < -0.3 is 0 Å². The molecule has 4 heteroatoms. The maximum absolute atomic E-state index is 13.1. The molecule has 1 aliphatic heterocycles. The fraction of sp³-hybridized carbons (Fsp3) is 0.556. The number of hydrogen-bond donors (Lipinski definition) is 0. The average Bonchev–Trinajstić information content (AvgIpc) is 2.59. The first kappa shape index (κ1) is 15.5. The molecule has 118 valence electrons. The van der Waals surface area contributed by atoms with Crippen LogP contribution in [0.4, 0.5) is 5.69 Å². The Morgan fingerprint density at radius 2 is 1.77 bits per heavy atom. The lowest BCUT2D eigenvalue weighted by molar-refractivity contribution is -0.130. The van der Waals surface area contributed by atoms with E-state index >= 15 is 0 Å². The molecule has 1 spiro atoms. The topological polar surface area (TPSA) is 37.4 Å². The van der Waals surface area contributed by atoms with Gasteiger partial charge in [0.1, 0.15) is 0 Å². The van der Waals surface area contributed by atoms with E-state index in [2.05, 4.69) is 20.8 Å². The molecule has 1 aromatic rings. The second-order valence-corrected chi connectivity index (χ2v) is 8.26. The Labute approximate surface area is 136 Å². The molecule has 1 heterocycles. The first-order valence-corrected chi connectivity index (χ1v) is 8.23. The predicted molar refractivity (Wildman–Crippen MR) is 87.8 cm³/mol. The van der Waals surface area contributed by atoms with Gasteiger partial charge in [-0.15, -0.1) is 0 Å². The highest BCUT2D eigenvalue weighted by molar-refractivity contribution is 6.30. The summed E-state index contributed by atoms with van der Waals surface area (Å²) >= 11 is 5.90. The van der Waals surface area contributed by atoms with Crippen molar-refractivity contribution in [2.75, 3.05) is 4.90 Å². The van der Waals surface area contributed by atoms with Gasteiger partial charge in [-0.05, 0) is 54.9 Å². The second-order valence-electron chi connectivity index (χ2n) is 7.82. The van der Waals surface area contributed by atoms with Crippen molar-refractivity contribution < 1.29 is 9.59 Å². The number of amides is 2. The molecule has 2 fully saturated rings. The maximum atomic E-state index is 13.1. The molecule has 0 radical (unpaired) electrons. The van der Waals surface area contributed by atoms with Gasteiger partial charge in [-0.1, -0.05) is 32.4 Å². The molecule has 0 aromatic heterocycles. The van der Waals surface area contributed by atoms with Crippen molar-refractivity contribution in [1.29, 1.82) is 0 Å². The van der Waals surface area contributed by atoms with Crippen LogP contribution in [0.3, 0.4) is 0 Å². The molecule has 3 rings (SSSR count). The van der Waals surface area contributed by atoms with Crippen molar-refractivity contribution in [2.24, 2.45) is 16.7 Å². The van der Waals surface area contributed by atoms with Gasteiger partial charge in [-0.3, -0.25) is 14.5 Å². The van der Waals surface area contributed by atoms with Crippen molar-refractivity contribution in [1.82, 2.24) is 0 Å². The first-order valence-electron chi connectivity index (χ1n) is 7.85. The van der Waals surface area contributed by atoms with E-state index in [0.717, 1.165) is 19.3 Å². The summed E-state index contributed by atoms with van der Waals surface area (Å²) in [5.41, 5.74) is 0.217.